The zero-order valence-corrected chi connectivity index (χ0v) is 10.6. The minimum atomic E-state index is -0.748. The van der Waals surface area contributed by atoms with E-state index >= 15 is 0 Å². The van der Waals surface area contributed by atoms with Crippen molar-refractivity contribution in [2.75, 3.05) is 0 Å². The molecule has 0 atom stereocenters. The molecule has 98 valence electrons. The van der Waals surface area contributed by atoms with E-state index < -0.39 is 5.91 Å². The highest BCUT2D eigenvalue weighted by molar-refractivity contribution is 6.00. The number of nitrogens with zero attached hydrogens (tertiary/aromatic N) is 1. The molecule has 0 aromatic heterocycles. The van der Waals surface area contributed by atoms with E-state index in [2.05, 4.69) is 0 Å². The van der Waals surface area contributed by atoms with E-state index in [9.17, 15) is 4.79 Å². The number of ether oxygens (including phenoxy) is 1. The van der Waals surface area contributed by atoms with E-state index in [0.29, 0.717) is 17.1 Å². The maximum absolute atomic E-state index is 11.0. The maximum Gasteiger partial charge on any atom is 0.259 e. The fraction of sp³-hybridized carbons (Fsp3) is 0. The van der Waals surface area contributed by atoms with Crippen molar-refractivity contribution in [3.63, 3.8) is 0 Å². The summed E-state index contributed by atoms with van der Waals surface area (Å²) in [4.78, 5) is 11.0. The van der Waals surface area contributed by atoms with Gasteiger partial charge in [0.2, 0.25) is 0 Å². The molecule has 2 aromatic rings. The molecule has 2 N–H and O–H groups in total. The third-order valence-electron chi connectivity index (χ3n) is 2.53. The van der Waals surface area contributed by atoms with E-state index in [1.165, 1.54) is 6.08 Å². The van der Waals surface area contributed by atoms with Crippen molar-refractivity contribution in [2.24, 2.45) is 5.73 Å². The topological polar surface area (TPSA) is 76.1 Å². The molecule has 0 heterocycles. The molecule has 0 bridgehead atoms. The highest BCUT2D eigenvalue weighted by atomic mass is 16.5. The van der Waals surface area contributed by atoms with Gasteiger partial charge >= 0.3 is 0 Å². The number of hydrogen-bond acceptors (Lipinski definition) is 3. The van der Waals surface area contributed by atoms with Gasteiger partial charge in [0.05, 0.1) is 0 Å². The van der Waals surface area contributed by atoms with Crippen molar-refractivity contribution in [1.29, 1.82) is 5.26 Å². The van der Waals surface area contributed by atoms with Crippen LogP contribution in [0.25, 0.3) is 6.08 Å². The first-order valence-electron chi connectivity index (χ1n) is 5.93. The Hall–Kier alpha value is -3.06. The van der Waals surface area contributed by atoms with E-state index in [0.717, 1.165) is 0 Å². The number of nitriles is 1. The van der Waals surface area contributed by atoms with Gasteiger partial charge in [0.15, 0.2) is 0 Å². The van der Waals surface area contributed by atoms with Crippen LogP contribution in [0.15, 0.2) is 60.2 Å². The Kier molecular flexibility index (Phi) is 4.15. The van der Waals surface area contributed by atoms with Gasteiger partial charge in [-0.15, -0.1) is 0 Å². The second-order valence-electron chi connectivity index (χ2n) is 4.02. The zero-order valence-electron chi connectivity index (χ0n) is 10.6. The van der Waals surface area contributed by atoms with Crippen LogP contribution in [0.2, 0.25) is 0 Å². The van der Waals surface area contributed by atoms with Gasteiger partial charge in [-0.25, -0.2) is 0 Å². The molecular formula is C16H12N2O2. The highest BCUT2D eigenvalue weighted by Gasteiger charge is 2.04. The molecule has 1 amide bonds. The Labute approximate surface area is 116 Å². The number of nitrogens with two attached hydrogens (primary N) is 1. The fourth-order valence-electron chi connectivity index (χ4n) is 1.62. The molecule has 0 saturated carbocycles. The molecule has 4 heteroatoms. The van der Waals surface area contributed by atoms with Crippen LogP contribution in [0.5, 0.6) is 11.5 Å². The molecule has 0 aliphatic rings. The number of carbonyl (C=O) groups is 1. The lowest BCUT2D eigenvalue weighted by Crippen LogP contribution is -2.12. The summed E-state index contributed by atoms with van der Waals surface area (Å²) in [6.45, 7) is 0. The summed E-state index contributed by atoms with van der Waals surface area (Å²) in [5.74, 6) is 0.581. The van der Waals surface area contributed by atoms with Crippen molar-refractivity contribution in [2.45, 2.75) is 0 Å². The molecule has 2 rings (SSSR count). The van der Waals surface area contributed by atoms with Crippen molar-refractivity contribution >= 4 is 12.0 Å². The number of amides is 1. The summed E-state index contributed by atoms with van der Waals surface area (Å²) < 4.78 is 5.67. The van der Waals surface area contributed by atoms with Crippen LogP contribution in [0.1, 0.15) is 5.56 Å². The van der Waals surface area contributed by atoms with Crippen molar-refractivity contribution in [3.05, 3.63) is 65.7 Å². The molecule has 20 heavy (non-hydrogen) atoms. The molecular weight excluding hydrogens is 252 g/mol. The quantitative estimate of drug-likeness (QED) is 0.681. The van der Waals surface area contributed by atoms with Gasteiger partial charge in [0.25, 0.3) is 5.91 Å². The number of benzene rings is 2. The summed E-state index contributed by atoms with van der Waals surface area (Å²) in [5, 5.41) is 8.81. The molecule has 0 unspecified atom stereocenters. The summed E-state index contributed by atoms with van der Waals surface area (Å²) in [5.41, 5.74) is 5.68. The first kappa shape index (κ1) is 13.4. The van der Waals surface area contributed by atoms with Crippen LogP contribution >= 0.6 is 0 Å². The van der Waals surface area contributed by atoms with Gasteiger partial charge < -0.3 is 10.5 Å². The third-order valence-corrected chi connectivity index (χ3v) is 2.53. The van der Waals surface area contributed by atoms with Crippen LogP contribution in [0.3, 0.4) is 0 Å². The molecule has 0 fully saturated rings. The van der Waals surface area contributed by atoms with Crippen molar-refractivity contribution < 1.29 is 9.53 Å². The fourth-order valence-corrected chi connectivity index (χ4v) is 1.62. The second kappa shape index (κ2) is 6.21. The second-order valence-corrected chi connectivity index (χ2v) is 4.02. The van der Waals surface area contributed by atoms with E-state index in [4.69, 9.17) is 15.7 Å². The highest BCUT2D eigenvalue weighted by Crippen LogP contribution is 2.22. The standard InChI is InChI=1S/C16H12N2O2/c17-11-13(16(18)19)9-12-5-4-8-15(10-12)20-14-6-2-1-3-7-14/h1-10H,(H2,18,19). The summed E-state index contributed by atoms with van der Waals surface area (Å²) in [6.07, 6.45) is 1.43. The van der Waals surface area contributed by atoms with E-state index in [-0.39, 0.29) is 5.57 Å². The molecule has 0 aliphatic heterocycles. The van der Waals surface area contributed by atoms with Crippen LogP contribution in [0, 0.1) is 11.3 Å². The first-order chi connectivity index (χ1) is 9.69. The van der Waals surface area contributed by atoms with Crippen molar-refractivity contribution in [3.8, 4) is 17.6 Å². The average molecular weight is 264 g/mol. The van der Waals surface area contributed by atoms with Gasteiger partial charge in [-0.3, -0.25) is 4.79 Å². The van der Waals surface area contributed by atoms with E-state index in [1.807, 2.05) is 30.3 Å². The number of para-hydroxylation sites is 1. The molecule has 0 spiro atoms. The van der Waals surface area contributed by atoms with Gasteiger partial charge in [0.1, 0.15) is 23.1 Å². The predicted molar refractivity (Wildman–Crippen MR) is 75.7 cm³/mol. The number of primary amides is 1. The lowest BCUT2D eigenvalue weighted by atomic mass is 10.1. The minimum absolute atomic E-state index is 0.0955. The molecule has 2 aromatic carbocycles. The Balaban J connectivity index is 2.25. The van der Waals surface area contributed by atoms with Crippen LogP contribution in [-0.2, 0) is 4.79 Å². The smallest absolute Gasteiger partial charge is 0.259 e. The normalized spacial score (nSPS) is 10.7. The van der Waals surface area contributed by atoms with Gasteiger partial charge in [-0.2, -0.15) is 5.26 Å². The monoisotopic (exact) mass is 264 g/mol. The predicted octanol–water partition coefficient (Wildman–Crippen LogP) is 2.87. The van der Waals surface area contributed by atoms with Gasteiger partial charge in [-0.1, -0.05) is 30.3 Å². The van der Waals surface area contributed by atoms with Crippen LogP contribution < -0.4 is 10.5 Å². The SMILES string of the molecule is N#CC(=Cc1cccc(Oc2ccccc2)c1)C(N)=O. The summed E-state index contributed by atoms with van der Waals surface area (Å²) in [7, 11) is 0. The molecule has 0 aliphatic carbocycles. The Morgan fingerprint density at radius 3 is 2.45 bits per heavy atom. The average Bonchev–Trinajstić information content (AvgIpc) is 2.46. The first-order valence-corrected chi connectivity index (χ1v) is 5.93. The lowest BCUT2D eigenvalue weighted by Gasteiger charge is -2.06. The number of hydrogen-bond donors (Lipinski definition) is 1. The van der Waals surface area contributed by atoms with Crippen LogP contribution in [0.4, 0.5) is 0 Å². The number of carbonyl (C=O) groups excluding carboxylic acids is 1. The minimum Gasteiger partial charge on any atom is -0.457 e. The zero-order chi connectivity index (χ0) is 14.4. The Morgan fingerprint density at radius 2 is 1.80 bits per heavy atom. The Morgan fingerprint density at radius 1 is 1.10 bits per heavy atom. The molecule has 0 radical (unpaired) electrons. The van der Waals surface area contributed by atoms with Crippen molar-refractivity contribution in [1.82, 2.24) is 0 Å². The van der Waals surface area contributed by atoms with Gasteiger partial charge in [0, 0.05) is 0 Å². The lowest BCUT2D eigenvalue weighted by molar-refractivity contribution is -0.114. The van der Waals surface area contributed by atoms with E-state index in [1.54, 1.807) is 30.3 Å². The maximum atomic E-state index is 11.0. The van der Waals surface area contributed by atoms with Crippen LogP contribution in [-0.4, -0.2) is 5.91 Å². The number of rotatable bonds is 4. The Bertz CT molecular complexity index is 685. The molecule has 0 saturated heterocycles. The summed E-state index contributed by atoms with van der Waals surface area (Å²) in [6, 6.07) is 18.2. The molecule has 4 nitrogen and oxygen atoms in total. The van der Waals surface area contributed by atoms with Gasteiger partial charge in [-0.05, 0) is 35.9 Å². The largest absolute Gasteiger partial charge is 0.457 e. The summed E-state index contributed by atoms with van der Waals surface area (Å²) >= 11 is 0. The third kappa shape index (κ3) is 3.47.